The van der Waals surface area contributed by atoms with Crippen LogP contribution in [0.5, 0.6) is 0 Å². The molecule has 2 aromatic rings. The Morgan fingerprint density at radius 3 is 2.90 bits per heavy atom. The van der Waals surface area contributed by atoms with E-state index in [1.807, 2.05) is 48.6 Å². The Hall–Kier alpha value is -2.75. The second-order valence-corrected chi connectivity index (χ2v) is 4.76. The maximum atomic E-state index is 12.6. The predicted octanol–water partition coefficient (Wildman–Crippen LogP) is 3.37. The van der Waals surface area contributed by atoms with Crippen molar-refractivity contribution in [3.63, 3.8) is 0 Å². The number of hydrogen-bond acceptors (Lipinski definition) is 3. The Morgan fingerprint density at radius 1 is 1.29 bits per heavy atom. The Balaban J connectivity index is 1.91. The number of nitrogens with one attached hydrogen (secondary N) is 1. The number of hydrogen-bond donors (Lipinski definition) is 1. The van der Waals surface area contributed by atoms with E-state index in [4.69, 9.17) is 4.42 Å². The maximum Gasteiger partial charge on any atom is 0.258 e. The lowest BCUT2D eigenvalue weighted by Crippen LogP contribution is -2.47. The molecule has 4 heteroatoms. The molecule has 2 heterocycles. The Labute approximate surface area is 123 Å². The largest absolute Gasteiger partial charge is 0.465 e. The highest BCUT2D eigenvalue weighted by Gasteiger charge is 2.29. The SMILES string of the molecule is C=CCN1C(=O)c2ccccc2NC1C=Cc1ccco1. The van der Waals surface area contributed by atoms with E-state index in [9.17, 15) is 4.79 Å². The van der Waals surface area contributed by atoms with Gasteiger partial charge in [-0.1, -0.05) is 18.2 Å². The van der Waals surface area contributed by atoms with Crippen molar-refractivity contribution in [2.75, 3.05) is 11.9 Å². The number of amides is 1. The van der Waals surface area contributed by atoms with Crippen LogP contribution in [0.4, 0.5) is 5.69 Å². The number of anilines is 1. The molecule has 1 N–H and O–H groups in total. The predicted molar refractivity (Wildman–Crippen MR) is 82.8 cm³/mol. The van der Waals surface area contributed by atoms with Crippen molar-refractivity contribution in [3.8, 4) is 0 Å². The summed E-state index contributed by atoms with van der Waals surface area (Å²) in [5.41, 5.74) is 1.53. The van der Waals surface area contributed by atoms with Gasteiger partial charge in [0.05, 0.1) is 11.8 Å². The number of rotatable bonds is 4. The third-order valence-electron chi connectivity index (χ3n) is 3.37. The highest BCUT2D eigenvalue weighted by molar-refractivity contribution is 6.02. The van der Waals surface area contributed by atoms with Crippen LogP contribution in [0.3, 0.4) is 0 Å². The highest BCUT2D eigenvalue weighted by atomic mass is 16.3. The quantitative estimate of drug-likeness (QED) is 0.873. The second-order valence-electron chi connectivity index (χ2n) is 4.76. The number of carbonyl (C=O) groups excluding carboxylic acids is 1. The first kappa shape index (κ1) is 13.2. The van der Waals surface area contributed by atoms with Gasteiger partial charge in [0.1, 0.15) is 11.9 Å². The molecule has 1 aliphatic heterocycles. The van der Waals surface area contributed by atoms with Crippen LogP contribution < -0.4 is 5.32 Å². The molecule has 21 heavy (non-hydrogen) atoms. The third kappa shape index (κ3) is 2.60. The van der Waals surface area contributed by atoms with Gasteiger partial charge in [-0.2, -0.15) is 0 Å². The van der Waals surface area contributed by atoms with Crippen LogP contribution in [0.1, 0.15) is 16.1 Å². The highest BCUT2D eigenvalue weighted by Crippen LogP contribution is 2.25. The lowest BCUT2D eigenvalue weighted by Gasteiger charge is -2.35. The summed E-state index contributed by atoms with van der Waals surface area (Å²) >= 11 is 0. The molecule has 1 aliphatic rings. The molecule has 0 saturated carbocycles. The molecule has 1 unspecified atom stereocenters. The van der Waals surface area contributed by atoms with Gasteiger partial charge in [0, 0.05) is 12.2 Å². The molecule has 1 aromatic carbocycles. The lowest BCUT2D eigenvalue weighted by molar-refractivity contribution is 0.0739. The summed E-state index contributed by atoms with van der Waals surface area (Å²) in [6, 6.07) is 11.2. The van der Waals surface area contributed by atoms with E-state index in [0.717, 1.165) is 11.4 Å². The molecule has 0 spiro atoms. The zero-order valence-corrected chi connectivity index (χ0v) is 11.5. The van der Waals surface area contributed by atoms with Crippen molar-refractivity contribution >= 4 is 17.7 Å². The normalized spacial score (nSPS) is 17.6. The smallest absolute Gasteiger partial charge is 0.258 e. The molecular weight excluding hydrogens is 264 g/mol. The summed E-state index contributed by atoms with van der Waals surface area (Å²) in [5.74, 6) is 0.750. The van der Waals surface area contributed by atoms with Gasteiger partial charge in [-0.3, -0.25) is 4.79 Å². The fourth-order valence-electron chi connectivity index (χ4n) is 2.37. The topological polar surface area (TPSA) is 45.5 Å². The molecule has 4 nitrogen and oxygen atoms in total. The third-order valence-corrected chi connectivity index (χ3v) is 3.37. The summed E-state index contributed by atoms with van der Waals surface area (Å²) in [4.78, 5) is 14.3. The van der Waals surface area contributed by atoms with E-state index in [2.05, 4.69) is 11.9 Å². The van der Waals surface area contributed by atoms with E-state index < -0.39 is 0 Å². The van der Waals surface area contributed by atoms with Gasteiger partial charge in [-0.05, 0) is 36.4 Å². The summed E-state index contributed by atoms with van der Waals surface area (Å²) in [6.45, 7) is 4.20. The number of para-hydroxylation sites is 1. The molecule has 0 fully saturated rings. The van der Waals surface area contributed by atoms with Gasteiger partial charge in [-0.25, -0.2) is 0 Å². The summed E-state index contributed by atoms with van der Waals surface area (Å²) < 4.78 is 5.28. The van der Waals surface area contributed by atoms with Crippen LogP contribution in [0, 0.1) is 0 Å². The Bertz CT molecular complexity index is 674. The average molecular weight is 280 g/mol. The summed E-state index contributed by atoms with van der Waals surface area (Å²) in [5, 5.41) is 3.35. The van der Waals surface area contributed by atoms with E-state index in [0.29, 0.717) is 12.1 Å². The number of benzene rings is 1. The number of furan rings is 1. The first-order valence-electron chi connectivity index (χ1n) is 6.79. The number of nitrogens with zero attached hydrogens (tertiary/aromatic N) is 1. The van der Waals surface area contributed by atoms with Crippen molar-refractivity contribution in [2.24, 2.45) is 0 Å². The fourth-order valence-corrected chi connectivity index (χ4v) is 2.37. The minimum Gasteiger partial charge on any atom is -0.465 e. The van der Waals surface area contributed by atoms with Crippen molar-refractivity contribution < 1.29 is 9.21 Å². The molecule has 0 radical (unpaired) electrons. The van der Waals surface area contributed by atoms with Gasteiger partial charge >= 0.3 is 0 Å². The van der Waals surface area contributed by atoms with Crippen molar-refractivity contribution in [1.29, 1.82) is 0 Å². The fraction of sp³-hybridized carbons (Fsp3) is 0.118. The first-order valence-corrected chi connectivity index (χ1v) is 6.79. The molecule has 0 aliphatic carbocycles. The Morgan fingerprint density at radius 2 is 2.14 bits per heavy atom. The van der Waals surface area contributed by atoms with Crippen LogP contribution in [0.25, 0.3) is 6.08 Å². The van der Waals surface area contributed by atoms with Gasteiger partial charge in [0.15, 0.2) is 0 Å². The van der Waals surface area contributed by atoms with Crippen LogP contribution in [0.15, 0.2) is 65.8 Å². The van der Waals surface area contributed by atoms with E-state index >= 15 is 0 Å². The maximum absolute atomic E-state index is 12.6. The van der Waals surface area contributed by atoms with Gasteiger partial charge < -0.3 is 14.6 Å². The first-order chi connectivity index (χ1) is 10.3. The molecule has 0 saturated heterocycles. The zero-order valence-electron chi connectivity index (χ0n) is 11.5. The standard InChI is InChI=1S/C17H16N2O2/c1-2-11-19-16(10-9-13-6-5-12-21-13)18-15-8-4-3-7-14(15)17(19)20/h2-10,12,16,18H,1,11H2. The Kier molecular flexibility index (Phi) is 3.60. The minimum atomic E-state index is -0.226. The zero-order chi connectivity index (χ0) is 14.7. The van der Waals surface area contributed by atoms with E-state index in [-0.39, 0.29) is 12.1 Å². The van der Waals surface area contributed by atoms with Crippen molar-refractivity contribution in [3.05, 3.63) is 72.7 Å². The minimum absolute atomic E-state index is 0.00153. The van der Waals surface area contributed by atoms with E-state index in [1.165, 1.54) is 0 Å². The molecular formula is C17H16N2O2. The molecule has 3 rings (SSSR count). The number of fused-ring (bicyclic) bond motifs is 1. The monoisotopic (exact) mass is 280 g/mol. The molecule has 1 aromatic heterocycles. The van der Waals surface area contributed by atoms with Crippen LogP contribution >= 0.6 is 0 Å². The molecule has 106 valence electrons. The van der Waals surface area contributed by atoms with Crippen LogP contribution in [0.2, 0.25) is 0 Å². The number of carbonyl (C=O) groups is 1. The van der Waals surface area contributed by atoms with Crippen LogP contribution in [-0.4, -0.2) is 23.5 Å². The summed E-state index contributed by atoms with van der Waals surface area (Å²) in [6.07, 6.45) is 6.89. The molecule has 1 atom stereocenters. The van der Waals surface area contributed by atoms with Gasteiger partial charge in [-0.15, -0.1) is 6.58 Å². The van der Waals surface area contributed by atoms with Crippen LogP contribution in [-0.2, 0) is 0 Å². The lowest BCUT2D eigenvalue weighted by atomic mass is 10.1. The van der Waals surface area contributed by atoms with Gasteiger partial charge in [0.25, 0.3) is 5.91 Å². The van der Waals surface area contributed by atoms with E-state index in [1.54, 1.807) is 17.2 Å². The second kappa shape index (κ2) is 5.71. The molecule has 1 amide bonds. The van der Waals surface area contributed by atoms with Crippen molar-refractivity contribution in [1.82, 2.24) is 4.90 Å². The van der Waals surface area contributed by atoms with Gasteiger partial charge in [0.2, 0.25) is 0 Å². The average Bonchev–Trinajstić information content (AvgIpc) is 3.02. The van der Waals surface area contributed by atoms with Crippen molar-refractivity contribution in [2.45, 2.75) is 6.17 Å². The molecule has 0 bridgehead atoms. The summed E-state index contributed by atoms with van der Waals surface area (Å²) in [7, 11) is 0.